The average Bonchev–Trinajstić information content (AvgIpc) is 3.31. The van der Waals surface area contributed by atoms with E-state index in [1.54, 1.807) is 10.9 Å². The van der Waals surface area contributed by atoms with Crippen molar-refractivity contribution in [1.82, 2.24) is 4.90 Å². The molecule has 2 aliphatic heterocycles. The van der Waals surface area contributed by atoms with Crippen molar-refractivity contribution in [2.45, 2.75) is 134 Å². The number of hydrogen-bond donors (Lipinski definition) is 0. The number of amides is 1. The van der Waals surface area contributed by atoms with Crippen molar-refractivity contribution >= 4 is 47.2 Å². The third kappa shape index (κ3) is 10.2. The molecule has 2 heterocycles. The maximum Gasteiger partial charge on any atom is 0.310 e. The number of Topliss-reactive ketones (excluding diaryl/α,β-unsaturated/α-hetero) is 1. The first-order chi connectivity index (χ1) is 17.7. The van der Waals surface area contributed by atoms with E-state index in [0.29, 0.717) is 25.7 Å². The quantitative estimate of drug-likeness (QED) is 0.0559. The van der Waals surface area contributed by atoms with Gasteiger partial charge < -0.3 is 9.53 Å². The number of carbonyl (C=O) groups excluding carboxylic acids is 3. The molecule has 0 aromatic heterocycles. The average molecular weight is 561 g/mol. The lowest BCUT2D eigenvalue weighted by molar-refractivity contribution is -0.546. The van der Waals surface area contributed by atoms with Crippen LogP contribution in [-0.4, -0.2) is 57.6 Å². The number of unbranched alkanes of at least 4 members (excludes halogenated alkanes) is 12. The van der Waals surface area contributed by atoms with Gasteiger partial charge in [0, 0.05) is 25.2 Å². The van der Waals surface area contributed by atoms with E-state index in [1.807, 2.05) is 7.05 Å². The molecule has 0 aliphatic carbocycles. The van der Waals surface area contributed by atoms with Gasteiger partial charge in [0.2, 0.25) is 16.8 Å². The van der Waals surface area contributed by atoms with Gasteiger partial charge in [-0.2, -0.15) is 4.90 Å². The summed E-state index contributed by atoms with van der Waals surface area (Å²) < 4.78 is 7.06. The Labute approximate surface area is 234 Å². The summed E-state index contributed by atoms with van der Waals surface area (Å²) in [6, 6.07) is 0. The zero-order chi connectivity index (χ0) is 27.3. The summed E-state index contributed by atoms with van der Waals surface area (Å²) in [6.07, 6.45) is 19.8. The Hall–Kier alpha value is -1.14. The van der Waals surface area contributed by atoms with Crippen LogP contribution in [0.15, 0.2) is 0 Å². The third-order valence-corrected chi connectivity index (χ3v) is 9.25. The molecule has 1 saturated heterocycles. The van der Waals surface area contributed by atoms with Crippen LogP contribution in [0.3, 0.4) is 0 Å². The van der Waals surface area contributed by atoms with Crippen molar-refractivity contribution in [1.29, 1.82) is 0 Å². The lowest BCUT2D eigenvalue weighted by Crippen LogP contribution is -2.46. The highest BCUT2D eigenvalue weighted by atomic mass is 35.5. The first-order valence-electron chi connectivity index (χ1n) is 14.6. The van der Waals surface area contributed by atoms with Crippen LogP contribution in [0.25, 0.3) is 0 Å². The second kappa shape index (κ2) is 16.7. The van der Waals surface area contributed by atoms with Gasteiger partial charge in [-0.25, -0.2) is 9.37 Å². The van der Waals surface area contributed by atoms with Crippen LogP contribution in [0.4, 0.5) is 0 Å². The lowest BCUT2D eigenvalue weighted by Gasteiger charge is -2.28. The summed E-state index contributed by atoms with van der Waals surface area (Å²) in [5.41, 5.74) is -0.738. The highest BCUT2D eigenvalue weighted by molar-refractivity contribution is 6.33. The molecule has 0 N–H and O–H groups in total. The van der Waals surface area contributed by atoms with Gasteiger partial charge in [-0.05, 0) is 19.8 Å². The number of cyclic esters (lactones) is 1. The van der Waals surface area contributed by atoms with Crippen molar-refractivity contribution in [2.24, 2.45) is 11.8 Å². The molecule has 1 amide bonds. The molecule has 6 nitrogen and oxygen atoms in total. The predicted molar refractivity (Wildman–Crippen MR) is 150 cm³/mol. The van der Waals surface area contributed by atoms with Crippen LogP contribution in [0.5, 0.6) is 0 Å². The van der Waals surface area contributed by atoms with Crippen molar-refractivity contribution in [3.05, 3.63) is 0 Å². The smallest absolute Gasteiger partial charge is 0.310 e. The SMILES string of the molecule is CCCCCCCCCCCCCCCC(=O)N1C=[N+](C)C(Cl)(C[C@H]2COC(=O)[C@H]2CCC(C)=O)C1Cl. The number of halogens is 2. The first kappa shape index (κ1) is 32.1. The van der Waals surface area contributed by atoms with Gasteiger partial charge in [0.1, 0.15) is 5.78 Å². The number of ether oxygens (including phenoxy) is 1. The van der Waals surface area contributed by atoms with E-state index < -0.39 is 10.5 Å². The van der Waals surface area contributed by atoms with E-state index in [0.717, 1.165) is 19.3 Å². The van der Waals surface area contributed by atoms with Crippen LogP contribution in [0, 0.1) is 11.8 Å². The minimum Gasteiger partial charge on any atom is -0.465 e. The minimum absolute atomic E-state index is 0.0238. The zero-order valence-corrected chi connectivity index (χ0v) is 24.8. The Morgan fingerprint density at radius 1 is 1.00 bits per heavy atom. The number of likely N-dealkylation sites (N-methyl/N-ethyl adjacent to an activating group) is 1. The molecular weight excluding hydrogens is 511 g/mol. The Bertz CT molecular complexity index is 775. The molecule has 0 spiro atoms. The molecule has 212 valence electrons. The second-order valence-corrected chi connectivity index (χ2v) is 12.2. The molecule has 2 aliphatic rings. The third-order valence-electron chi connectivity index (χ3n) is 7.94. The fraction of sp³-hybridized carbons (Fsp3) is 0.862. The van der Waals surface area contributed by atoms with Gasteiger partial charge in [0.05, 0.1) is 19.6 Å². The Morgan fingerprint density at radius 2 is 1.54 bits per heavy atom. The Morgan fingerprint density at radius 3 is 2.08 bits per heavy atom. The molecule has 4 atom stereocenters. The van der Waals surface area contributed by atoms with Crippen LogP contribution >= 0.6 is 23.2 Å². The standard InChI is InChI=1S/C29H49Cl2N2O4/c1-4-5-6-7-8-9-10-11-12-13-14-15-16-17-26(35)33-22-32(3)29(31,28(33)30)20-24-21-37-27(36)25(24)19-18-23(2)34/h22,24-25,28H,4-21H2,1-3H3/q+1/t24-,25-,28?,29?/m0/s1. The van der Waals surface area contributed by atoms with E-state index >= 15 is 0 Å². The summed E-state index contributed by atoms with van der Waals surface area (Å²) in [5, 5.41) is 0. The van der Waals surface area contributed by atoms with E-state index in [1.165, 1.54) is 76.0 Å². The molecule has 8 heteroatoms. The predicted octanol–water partition coefficient (Wildman–Crippen LogP) is 7.03. The van der Waals surface area contributed by atoms with Gasteiger partial charge >= 0.3 is 11.9 Å². The van der Waals surface area contributed by atoms with Crippen molar-refractivity contribution in [3.63, 3.8) is 0 Å². The number of ketones is 1. The van der Waals surface area contributed by atoms with Crippen LogP contribution in [-0.2, 0) is 19.1 Å². The zero-order valence-electron chi connectivity index (χ0n) is 23.3. The largest absolute Gasteiger partial charge is 0.465 e. The summed E-state index contributed by atoms with van der Waals surface area (Å²) in [6.45, 7) is 4.04. The molecular formula is C29H49Cl2N2O4+. The maximum atomic E-state index is 12.9. The number of carbonyl (C=O) groups is 3. The monoisotopic (exact) mass is 559 g/mol. The Balaban J connectivity index is 1.67. The molecule has 0 radical (unpaired) electrons. The fourth-order valence-corrected chi connectivity index (χ4v) is 6.21. The molecule has 0 aromatic rings. The Kier molecular flexibility index (Phi) is 14.5. The minimum atomic E-state index is -1.03. The van der Waals surface area contributed by atoms with Gasteiger partial charge in [0.25, 0.3) is 0 Å². The van der Waals surface area contributed by atoms with Crippen molar-refractivity contribution < 1.29 is 23.7 Å². The van der Waals surface area contributed by atoms with Crippen LogP contribution in [0.2, 0.25) is 0 Å². The number of alkyl halides is 2. The highest BCUT2D eigenvalue weighted by Crippen LogP contribution is 2.42. The number of hydrogen-bond acceptors (Lipinski definition) is 4. The summed E-state index contributed by atoms with van der Waals surface area (Å²) in [7, 11) is 1.81. The molecule has 0 aromatic carbocycles. The molecule has 0 saturated carbocycles. The fourth-order valence-electron chi connectivity index (χ4n) is 5.46. The van der Waals surface area contributed by atoms with Crippen molar-refractivity contribution in [2.75, 3.05) is 13.7 Å². The molecule has 2 rings (SSSR count). The number of rotatable bonds is 19. The maximum absolute atomic E-state index is 12.9. The molecule has 37 heavy (non-hydrogen) atoms. The first-order valence-corrected chi connectivity index (χ1v) is 15.4. The van der Waals surface area contributed by atoms with Crippen molar-refractivity contribution in [3.8, 4) is 0 Å². The molecule has 0 bridgehead atoms. The lowest BCUT2D eigenvalue weighted by atomic mass is 9.85. The van der Waals surface area contributed by atoms with Crippen LogP contribution in [0.1, 0.15) is 123 Å². The highest BCUT2D eigenvalue weighted by Gasteiger charge is 2.57. The second-order valence-electron chi connectivity index (χ2n) is 11.1. The van der Waals surface area contributed by atoms with Gasteiger partial charge in [0.15, 0.2) is 0 Å². The van der Waals surface area contributed by atoms with E-state index in [-0.39, 0.29) is 36.1 Å². The van der Waals surface area contributed by atoms with E-state index in [9.17, 15) is 14.4 Å². The van der Waals surface area contributed by atoms with Crippen LogP contribution < -0.4 is 0 Å². The normalized spacial score (nSPS) is 25.4. The van der Waals surface area contributed by atoms with Gasteiger partial charge in [-0.3, -0.25) is 4.79 Å². The summed E-state index contributed by atoms with van der Waals surface area (Å²) >= 11 is 13.7. The summed E-state index contributed by atoms with van der Waals surface area (Å²) in [4.78, 5) is 37.1. The van der Waals surface area contributed by atoms with Gasteiger partial charge in [-0.1, -0.05) is 107 Å². The summed E-state index contributed by atoms with van der Waals surface area (Å²) in [5.74, 6) is -0.766. The number of esters is 1. The van der Waals surface area contributed by atoms with E-state index in [2.05, 4.69) is 6.92 Å². The van der Waals surface area contributed by atoms with E-state index in [4.69, 9.17) is 27.9 Å². The number of nitrogens with zero attached hydrogens (tertiary/aromatic N) is 2. The molecule has 1 fully saturated rings. The molecule has 2 unspecified atom stereocenters. The van der Waals surface area contributed by atoms with Gasteiger partial charge in [-0.15, -0.1) is 0 Å². The topological polar surface area (TPSA) is 66.7 Å².